The number of anilines is 1. The summed E-state index contributed by atoms with van der Waals surface area (Å²) in [5, 5.41) is 14.1. The van der Waals surface area contributed by atoms with Gasteiger partial charge in [-0.25, -0.2) is 4.79 Å². The third kappa shape index (κ3) is 3.96. The number of carbonyl (C=O) groups excluding carboxylic acids is 1. The molecule has 0 aliphatic rings. The van der Waals surface area contributed by atoms with Crippen LogP contribution in [0.1, 0.15) is 12.5 Å². The SMILES string of the molecule is COc1ccc(C)cc1NC(=O)NC(C)CO. The van der Waals surface area contributed by atoms with Crippen molar-refractivity contribution in [3.05, 3.63) is 23.8 Å². The lowest BCUT2D eigenvalue weighted by Gasteiger charge is -2.14. The van der Waals surface area contributed by atoms with Crippen LogP contribution in [-0.4, -0.2) is 30.9 Å². The molecule has 0 spiro atoms. The van der Waals surface area contributed by atoms with E-state index in [4.69, 9.17) is 9.84 Å². The van der Waals surface area contributed by atoms with Gasteiger partial charge in [0.1, 0.15) is 5.75 Å². The minimum absolute atomic E-state index is 0.0988. The standard InChI is InChI=1S/C12H18N2O3/c1-8-4-5-11(17-3)10(6-8)14-12(16)13-9(2)7-15/h4-6,9,15H,7H2,1-3H3,(H2,13,14,16). The number of rotatable bonds is 4. The van der Waals surface area contributed by atoms with Crippen molar-refractivity contribution in [3.8, 4) is 5.75 Å². The smallest absolute Gasteiger partial charge is 0.319 e. The van der Waals surface area contributed by atoms with Gasteiger partial charge in [0.05, 0.1) is 25.4 Å². The average Bonchev–Trinajstić information content (AvgIpc) is 2.29. The lowest BCUT2D eigenvalue weighted by molar-refractivity contribution is 0.229. The number of urea groups is 1. The molecule has 0 aromatic heterocycles. The highest BCUT2D eigenvalue weighted by molar-refractivity contribution is 5.91. The van der Waals surface area contributed by atoms with Crippen molar-refractivity contribution in [1.82, 2.24) is 5.32 Å². The van der Waals surface area contributed by atoms with Crippen molar-refractivity contribution in [3.63, 3.8) is 0 Å². The van der Waals surface area contributed by atoms with E-state index in [2.05, 4.69) is 10.6 Å². The highest BCUT2D eigenvalue weighted by Gasteiger charge is 2.09. The first kappa shape index (κ1) is 13.3. The van der Waals surface area contributed by atoms with E-state index in [1.54, 1.807) is 20.1 Å². The van der Waals surface area contributed by atoms with Crippen LogP contribution in [-0.2, 0) is 0 Å². The highest BCUT2D eigenvalue weighted by atomic mass is 16.5. The van der Waals surface area contributed by atoms with Gasteiger partial charge >= 0.3 is 6.03 Å². The van der Waals surface area contributed by atoms with Crippen molar-refractivity contribution < 1.29 is 14.6 Å². The molecule has 0 saturated heterocycles. The largest absolute Gasteiger partial charge is 0.495 e. The molecule has 0 radical (unpaired) electrons. The number of nitrogens with one attached hydrogen (secondary N) is 2. The topological polar surface area (TPSA) is 70.6 Å². The lowest BCUT2D eigenvalue weighted by atomic mass is 10.2. The van der Waals surface area contributed by atoms with Crippen molar-refractivity contribution >= 4 is 11.7 Å². The summed E-state index contributed by atoms with van der Waals surface area (Å²) in [7, 11) is 1.55. The van der Waals surface area contributed by atoms with Gasteiger partial charge < -0.3 is 20.5 Å². The second kappa shape index (κ2) is 6.10. The zero-order valence-corrected chi connectivity index (χ0v) is 10.3. The summed E-state index contributed by atoms with van der Waals surface area (Å²) in [6.07, 6.45) is 0. The maximum Gasteiger partial charge on any atom is 0.319 e. The summed E-state index contributed by atoms with van der Waals surface area (Å²) in [6, 6.07) is 4.86. The predicted octanol–water partition coefficient (Wildman–Crippen LogP) is 1.51. The number of benzene rings is 1. The molecular weight excluding hydrogens is 220 g/mol. The first-order valence-corrected chi connectivity index (χ1v) is 5.40. The van der Waals surface area contributed by atoms with Crippen LogP contribution < -0.4 is 15.4 Å². The van der Waals surface area contributed by atoms with E-state index < -0.39 is 0 Å². The van der Waals surface area contributed by atoms with Crippen LogP contribution in [0.4, 0.5) is 10.5 Å². The van der Waals surface area contributed by atoms with E-state index in [-0.39, 0.29) is 18.7 Å². The van der Waals surface area contributed by atoms with Crippen LogP contribution in [0.3, 0.4) is 0 Å². The van der Waals surface area contributed by atoms with Gasteiger partial charge in [0.2, 0.25) is 0 Å². The van der Waals surface area contributed by atoms with Crippen LogP contribution in [0.5, 0.6) is 5.75 Å². The maximum atomic E-state index is 11.6. The number of aliphatic hydroxyl groups is 1. The molecule has 5 nitrogen and oxygen atoms in total. The van der Waals surface area contributed by atoms with Crippen molar-refractivity contribution in [1.29, 1.82) is 0 Å². The van der Waals surface area contributed by atoms with E-state index in [1.165, 1.54) is 0 Å². The Morgan fingerprint density at radius 2 is 2.24 bits per heavy atom. The van der Waals surface area contributed by atoms with Gasteiger partial charge in [-0.2, -0.15) is 0 Å². The van der Waals surface area contributed by atoms with E-state index in [9.17, 15) is 4.79 Å². The van der Waals surface area contributed by atoms with Gasteiger partial charge in [0, 0.05) is 0 Å². The molecule has 1 aromatic rings. The quantitative estimate of drug-likeness (QED) is 0.744. The van der Waals surface area contributed by atoms with Crippen LogP contribution in [0.25, 0.3) is 0 Å². The summed E-state index contributed by atoms with van der Waals surface area (Å²) in [5.74, 6) is 0.599. The summed E-state index contributed by atoms with van der Waals surface area (Å²) < 4.78 is 5.14. The van der Waals surface area contributed by atoms with Gasteiger partial charge in [-0.05, 0) is 31.5 Å². The zero-order valence-electron chi connectivity index (χ0n) is 10.3. The van der Waals surface area contributed by atoms with Crippen molar-refractivity contribution in [2.24, 2.45) is 0 Å². The van der Waals surface area contributed by atoms with Gasteiger partial charge in [-0.3, -0.25) is 0 Å². The summed E-state index contributed by atoms with van der Waals surface area (Å²) >= 11 is 0. The molecule has 2 amide bonds. The second-order valence-corrected chi connectivity index (χ2v) is 3.89. The number of hydrogen-bond donors (Lipinski definition) is 3. The predicted molar refractivity (Wildman–Crippen MR) is 66.4 cm³/mol. The molecule has 1 aromatic carbocycles. The van der Waals surface area contributed by atoms with Crippen molar-refractivity contribution in [2.45, 2.75) is 19.9 Å². The molecular formula is C12H18N2O3. The third-order valence-corrected chi connectivity index (χ3v) is 2.25. The molecule has 94 valence electrons. The fourth-order valence-electron chi connectivity index (χ4n) is 1.35. The van der Waals surface area contributed by atoms with E-state index >= 15 is 0 Å². The van der Waals surface area contributed by atoms with Crippen LogP contribution in [0.15, 0.2) is 18.2 Å². The maximum absolute atomic E-state index is 11.6. The molecule has 17 heavy (non-hydrogen) atoms. The number of methoxy groups -OCH3 is 1. The fourth-order valence-corrected chi connectivity index (χ4v) is 1.35. The van der Waals surface area contributed by atoms with Gasteiger partial charge in [0.15, 0.2) is 0 Å². The van der Waals surface area contributed by atoms with Crippen LogP contribution >= 0.6 is 0 Å². The minimum atomic E-state index is -0.365. The Balaban J connectivity index is 2.73. The van der Waals surface area contributed by atoms with Crippen LogP contribution in [0, 0.1) is 6.92 Å². The lowest BCUT2D eigenvalue weighted by Crippen LogP contribution is -2.38. The van der Waals surface area contributed by atoms with Gasteiger partial charge in [-0.1, -0.05) is 6.07 Å². The fraction of sp³-hybridized carbons (Fsp3) is 0.417. The van der Waals surface area contributed by atoms with Gasteiger partial charge in [-0.15, -0.1) is 0 Å². The molecule has 0 saturated carbocycles. The number of amides is 2. The molecule has 0 aliphatic heterocycles. The molecule has 0 fully saturated rings. The number of carbonyl (C=O) groups is 1. The minimum Gasteiger partial charge on any atom is -0.495 e. The average molecular weight is 238 g/mol. The molecule has 1 unspecified atom stereocenters. The Kier molecular flexibility index (Phi) is 4.78. The number of hydrogen-bond acceptors (Lipinski definition) is 3. The number of ether oxygens (including phenoxy) is 1. The molecule has 1 atom stereocenters. The Hall–Kier alpha value is -1.75. The Morgan fingerprint density at radius 3 is 2.82 bits per heavy atom. The summed E-state index contributed by atoms with van der Waals surface area (Å²) in [6.45, 7) is 3.55. The molecule has 0 bridgehead atoms. The highest BCUT2D eigenvalue weighted by Crippen LogP contribution is 2.24. The van der Waals surface area contributed by atoms with Gasteiger partial charge in [0.25, 0.3) is 0 Å². The van der Waals surface area contributed by atoms with E-state index in [1.807, 2.05) is 19.1 Å². The first-order chi connectivity index (χ1) is 8.06. The molecule has 0 heterocycles. The molecule has 1 rings (SSSR count). The Morgan fingerprint density at radius 1 is 1.53 bits per heavy atom. The monoisotopic (exact) mass is 238 g/mol. The molecule has 3 N–H and O–H groups in total. The number of aryl methyl sites for hydroxylation is 1. The van der Waals surface area contributed by atoms with E-state index in [0.29, 0.717) is 11.4 Å². The molecule has 0 aliphatic carbocycles. The normalized spacial score (nSPS) is 11.8. The molecule has 5 heteroatoms. The Bertz CT molecular complexity index is 393. The first-order valence-electron chi connectivity index (χ1n) is 5.40. The zero-order chi connectivity index (χ0) is 12.8. The van der Waals surface area contributed by atoms with E-state index in [0.717, 1.165) is 5.56 Å². The third-order valence-electron chi connectivity index (χ3n) is 2.25. The summed E-state index contributed by atoms with van der Waals surface area (Å²) in [4.78, 5) is 11.6. The Labute approximate surface area is 101 Å². The van der Waals surface area contributed by atoms with Crippen molar-refractivity contribution in [2.75, 3.05) is 19.0 Å². The number of aliphatic hydroxyl groups excluding tert-OH is 1. The van der Waals surface area contributed by atoms with Crippen LogP contribution in [0.2, 0.25) is 0 Å². The second-order valence-electron chi connectivity index (χ2n) is 3.89. The summed E-state index contributed by atoms with van der Waals surface area (Å²) in [5.41, 5.74) is 1.63.